The number of likely N-dealkylation sites (tertiary alicyclic amines) is 1. The highest BCUT2D eigenvalue weighted by atomic mass is 19.1. The van der Waals surface area contributed by atoms with Crippen molar-refractivity contribution in [3.8, 4) is 34.5 Å². The summed E-state index contributed by atoms with van der Waals surface area (Å²) >= 11 is 0. The Morgan fingerprint density at radius 2 is 2.00 bits per heavy atom. The van der Waals surface area contributed by atoms with Gasteiger partial charge in [-0.2, -0.15) is 5.26 Å². The quantitative estimate of drug-likeness (QED) is 0.376. The Morgan fingerprint density at radius 3 is 2.79 bits per heavy atom. The molecule has 198 valence electrons. The molecule has 0 N–H and O–H groups in total. The summed E-state index contributed by atoms with van der Waals surface area (Å²) in [5, 5.41) is 9.27. The molecule has 0 bridgehead atoms. The molecule has 1 atom stereocenters. The minimum absolute atomic E-state index is 0.0246. The highest BCUT2D eigenvalue weighted by Crippen LogP contribution is 2.38. The summed E-state index contributed by atoms with van der Waals surface area (Å²) in [4.78, 5) is 25.6. The number of aromatic nitrogens is 3. The Hall–Kier alpha value is -4.29. The number of amides is 1. The molecule has 1 saturated heterocycles. The van der Waals surface area contributed by atoms with Crippen molar-refractivity contribution >= 4 is 17.1 Å². The number of carbonyl (C=O) groups is 1. The number of halogens is 1. The molecule has 0 saturated carbocycles. The van der Waals surface area contributed by atoms with Crippen molar-refractivity contribution in [3.63, 3.8) is 0 Å². The second kappa shape index (κ2) is 10.1. The molecule has 2 aliphatic heterocycles. The Balaban J connectivity index is 1.49. The highest BCUT2D eigenvalue weighted by Gasteiger charge is 2.25. The number of carbonyl (C=O) groups excluding carboxylic acids is 1. The van der Waals surface area contributed by atoms with E-state index in [4.69, 9.17) is 9.72 Å². The lowest BCUT2D eigenvalue weighted by Crippen LogP contribution is -2.34. The molecule has 9 heteroatoms. The average molecular weight is 525 g/mol. The van der Waals surface area contributed by atoms with Gasteiger partial charge in [0, 0.05) is 42.7 Å². The molecule has 39 heavy (non-hydrogen) atoms. The predicted molar refractivity (Wildman–Crippen MR) is 146 cm³/mol. The SMILES string of the molecule is CN1CCC[C@@H](COc2nc(-c3ccc(C#N)c(F)c3)c(-c3ccc4c(c3)CCC(=O)N4C)n3cncc23)C1. The molecular formula is C30H29FN6O2. The Labute approximate surface area is 226 Å². The maximum absolute atomic E-state index is 14.8. The van der Waals surface area contributed by atoms with Gasteiger partial charge in [-0.15, -0.1) is 0 Å². The van der Waals surface area contributed by atoms with Gasteiger partial charge in [0.15, 0.2) is 0 Å². The number of aryl methyl sites for hydroxylation is 1. The number of anilines is 1. The Morgan fingerprint density at radius 1 is 1.15 bits per heavy atom. The van der Waals surface area contributed by atoms with E-state index in [1.54, 1.807) is 30.5 Å². The molecule has 4 aromatic rings. The van der Waals surface area contributed by atoms with E-state index < -0.39 is 5.82 Å². The van der Waals surface area contributed by atoms with Gasteiger partial charge in [0.2, 0.25) is 11.8 Å². The lowest BCUT2D eigenvalue weighted by molar-refractivity contribution is -0.118. The molecular weight excluding hydrogens is 495 g/mol. The standard InChI is InChI=1S/C30H29FN6O2/c1-35-11-3-4-19(16-35)17-39-30-26-15-33-18-37(26)29(28(34-30)21-5-6-23(14-32)24(31)13-21)22-7-9-25-20(12-22)8-10-27(38)36(25)2/h5-7,9,12-13,15,18-19H,3-4,8,10-11,16-17H2,1-2H3/t19-/m1/s1. The number of imidazole rings is 1. The first kappa shape index (κ1) is 25.0. The Kier molecular flexibility index (Phi) is 6.49. The van der Waals surface area contributed by atoms with Crippen molar-refractivity contribution in [1.82, 2.24) is 19.3 Å². The average Bonchev–Trinajstić information content (AvgIpc) is 3.43. The molecule has 6 rings (SSSR count). The van der Waals surface area contributed by atoms with E-state index in [1.165, 1.54) is 12.1 Å². The molecule has 0 radical (unpaired) electrons. The number of nitriles is 1. The van der Waals surface area contributed by atoms with Crippen LogP contribution in [0, 0.1) is 23.1 Å². The van der Waals surface area contributed by atoms with Crippen LogP contribution in [0.4, 0.5) is 10.1 Å². The first-order chi connectivity index (χ1) is 18.9. The summed E-state index contributed by atoms with van der Waals surface area (Å²) in [7, 11) is 3.91. The molecule has 0 aliphatic carbocycles. The fourth-order valence-corrected chi connectivity index (χ4v) is 5.70. The summed E-state index contributed by atoms with van der Waals surface area (Å²) in [5.41, 5.74) is 5.30. The van der Waals surface area contributed by atoms with E-state index in [2.05, 4.69) is 23.0 Å². The topological polar surface area (TPSA) is 86.8 Å². The van der Waals surface area contributed by atoms with Crippen LogP contribution >= 0.6 is 0 Å². The number of piperidine rings is 1. The van der Waals surface area contributed by atoms with E-state index in [-0.39, 0.29) is 11.5 Å². The van der Waals surface area contributed by atoms with E-state index in [1.807, 2.05) is 22.6 Å². The van der Waals surface area contributed by atoms with Gasteiger partial charge >= 0.3 is 0 Å². The molecule has 2 aromatic heterocycles. The zero-order valence-corrected chi connectivity index (χ0v) is 22.0. The normalized spacial score (nSPS) is 17.7. The van der Waals surface area contributed by atoms with E-state index in [0.29, 0.717) is 42.5 Å². The van der Waals surface area contributed by atoms with Crippen molar-refractivity contribution in [1.29, 1.82) is 5.26 Å². The van der Waals surface area contributed by atoms with Gasteiger partial charge in [-0.1, -0.05) is 12.1 Å². The molecule has 2 aromatic carbocycles. The maximum atomic E-state index is 14.8. The second-order valence-electron chi connectivity index (χ2n) is 10.4. The summed E-state index contributed by atoms with van der Waals surface area (Å²) in [6.45, 7) is 2.58. The number of rotatable bonds is 5. The minimum Gasteiger partial charge on any atom is -0.476 e. The second-order valence-corrected chi connectivity index (χ2v) is 10.4. The fourth-order valence-electron chi connectivity index (χ4n) is 5.70. The Bertz CT molecular complexity index is 1620. The van der Waals surface area contributed by atoms with Crippen molar-refractivity contribution in [2.75, 3.05) is 38.7 Å². The smallest absolute Gasteiger partial charge is 0.240 e. The third-order valence-corrected chi connectivity index (χ3v) is 7.77. The van der Waals surface area contributed by atoms with Gasteiger partial charge in [0.1, 0.15) is 17.4 Å². The van der Waals surface area contributed by atoms with Gasteiger partial charge in [0.05, 0.1) is 36.1 Å². The third-order valence-electron chi connectivity index (χ3n) is 7.77. The predicted octanol–water partition coefficient (Wildman–Crippen LogP) is 4.70. The van der Waals surface area contributed by atoms with Crippen LogP contribution in [0.25, 0.3) is 28.0 Å². The van der Waals surface area contributed by atoms with Crippen LogP contribution in [0.5, 0.6) is 5.88 Å². The van der Waals surface area contributed by atoms with Crippen molar-refractivity contribution in [2.24, 2.45) is 5.92 Å². The molecule has 0 spiro atoms. The van der Waals surface area contributed by atoms with E-state index in [9.17, 15) is 14.4 Å². The lowest BCUT2D eigenvalue weighted by Gasteiger charge is -2.29. The van der Waals surface area contributed by atoms with Gasteiger partial charge in [-0.05, 0) is 62.7 Å². The van der Waals surface area contributed by atoms with Crippen LogP contribution in [0.2, 0.25) is 0 Å². The number of fused-ring (bicyclic) bond motifs is 2. The van der Waals surface area contributed by atoms with Crippen LogP contribution in [0.1, 0.15) is 30.4 Å². The third kappa shape index (κ3) is 4.61. The number of nitrogens with zero attached hydrogens (tertiary/aromatic N) is 6. The molecule has 2 aliphatic rings. The van der Waals surface area contributed by atoms with Crippen LogP contribution in [-0.2, 0) is 11.2 Å². The van der Waals surface area contributed by atoms with Crippen molar-refractivity contribution in [3.05, 3.63) is 65.9 Å². The number of benzene rings is 2. The number of hydrogen-bond acceptors (Lipinski definition) is 6. The van der Waals surface area contributed by atoms with Crippen LogP contribution in [0.15, 0.2) is 48.9 Å². The summed E-state index contributed by atoms with van der Waals surface area (Å²) in [5.74, 6) is 0.317. The molecule has 1 fully saturated rings. The zero-order valence-electron chi connectivity index (χ0n) is 22.0. The summed E-state index contributed by atoms with van der Waals surface area (Å²) in [6, 6.07) is 12.4. The molecule has 8 nitrogen and oxygen atoms in total. The van der Waals surface area contributed by atoms with E-state index >= 15 is 0 Å². The molecule has 0 unspecified atom stereocenters. The first-order valence-corrected chi connectivity index (χ1v) is 13.2. The lowest BCUT2D eigenvalue weighted by atomic mass is 9.96. The minimum atomic E-state index is -0.605. The number of hydrogen-bond donors (Lipinski definition) is 0. The zero-order chi connectivity index (χ0) is 27.1. The van der Waals surface area contributed by atoms with Crippen LogP contribution in [-0.4, -0.2) is 59.0 Å². The van der Waals surface area contributed by atoms with Gasteiger partial charge in [0.25, 0.3) is 0 Å². The molecule has 1 amide bonds. The monoisotopic (exact) mass is 524 g/mol. The fraction of sp³-hybridized carbons (Fsp3) is 0.333. The van der Waals surface area contributed by atoms with Gasteiger partial charge < -0.3 is 14.5 Å². The maximum Gasteiger partial charge on any atom is 0.240 e. The van der Waals surface area contributed by atoms with Crippen molar-refractivity contribution < 1.29 is 13.9 Å². The van der Waals surface area contributed by atoms with Gasteiger partial charge in [-0.25, -0.2) is 14.4 Å². The highest BCUT2D eigenvalue weighted by molar-refractivity contribution is 5.96. The molecule has 4 heterocycles. The number of ether oxygens (including phenoxy) is 1. The van der Waals surface area contributed by atoms with E-state index in [0.717, 1.165) is 54.0 Å². The summed E-state index contributed by atoms with van der Waals surface area (Å²) in [6.07, 6.45) is 6.76. The largest absolute Gasteiger partial charge is 0.476 e. The van der Waals surface area contributed by atoms with Gasteiger partial charge in [-0.3, -0.25) is 9.20 Å². The van der Waals surface area contributed by atoms with Crippen LogP contribution < -0.4 is 9.64 Å². The first-order valence-electron chi connectivity index (χ1n) is 13.2. The summed E-state index contributed by atoms with van der Waals surface area (Å²) < 4.78 is 23.1. The van der Waals surface area contributed by atoms with Crippen LogP contribution in [0.3, 0.4) is 0 Å². The van der Waals surface area contributed by atoms with Crippen molar-refractivity contribution in [2.45, 2.75) is 25.7 Å².